The molecule has 15 heavy (non-hydrogen) atoms. The zero-order valence-electron chi connectivity index (χ0n) is 8.31. The lowest BCUT2D eigenvalue weighted by Gasteiger charge is -2.07. The van der Waals surface area contributed by atoms with Crippen LogP contribution >= 0.6 is 15.9 Å². The van der Waals surface area contributed by atoms with Gasteiger partial charge in [-0.1, -0.05) is 12.1 Å². The van der Waals surface area contributed by atoms with E-state index >= 15 is 0 Å². The zero-order chi connectivity index (χ0) is 10.7. The molecular weight excluding hydrogens is 256 g/mol. The summed E-state index contributed by atoms with van der Waals surface area (Å²) in [7, 11) is 1.88. The summed E-state index contributed by atoms with van der Waals surface area (Å²) in [6, 6.07) is 7.99. The molecule has 2 aromatic rings. The van der Waals surface area contributed by atoms with Crippen molar-refractivity contribution in [3.63, 3.8) is 0 Å². The minimum atomic E-state index is 0.666. The molecule has 0 aliphatic carbocycles. The number of hydrogen-bond donors (Lipinski definition) is 1. The lowest BCUT2D eigenvalue weighted by molar-refractivity contribution is 0.712. The standard InChI is InChI=1S/C10H11BrN4/c1-15-10(13-7-14-15)6-12-9-5-3-2-4-8(9)11/h2-5,7,12H,6H2,1H3. The maximum atomic E-state index is 4.13. The van der Waals surface area contributed by atoms with E-state index < -0.39 is 0 Å². The molecule has 4 nitrogen and oxygen atoms in total. The largest absolute Gasteiger partial charge is 0.377 e. The van der Waals surface area contributed by atoms with Crippen molar-refractivity contribution in [2.45, 2.75) is 6.54 Å². The second-order valence-electron chi connectivity index (χ2n) is 3.13. The molecular formula is C10H11BrN4. The lowest BCUT2D eigenvalue weighted by Crippen LogP contribution is -2.06. The number of benzene rings is 1. The fourth-order valence-corrected chi connectivity index (χ4v) is 1.68. The fraction of sp³-hybridized carbons (Fsp3) is 0.200. The minimum absolute atomic E-state index is 0.666. The minimum Gasteiger partial charge on any atom is -0.377 e. The summed E-state index contributed by atoms with van der Waals surface area (Å²) in [5.41, 5.74) is 1.06. The summed E-state index contributed by atoms with van der Waals surface area (Å²) in [5.74, 6) is 0.908. The molecule has 0 aliphatic heterocycles. The second-order valence-corrected chi connectivity index (χ2v) is 3.99. The Morgan fingerprint density at radius 1 is 1.40 bits per heavy atom. The summed E-state index contributed by atoms with van der Waals surface area (Å²) in [6.45, 7) is 0.666. The number of hydrogen-bond acceptors (Lipinski definition) is 3. The van der Waals surface area contributed by atoms with Crippen LogP contribution in [0.15, 0.2) is 35.1 Å². The molecule has 0 amide bonds. The van der Waals surface area contributed by atoms with Crippen molar-refractivity contribution in [1.29, 1.82) is 0 Å². The quantitative estimate of drug-likeness (QED) is 0.926. The molecule has 0 spiro atoms. The summed E-state index contributed by atoms with van der Waals surface area (Å²) < 4.78 is 2.80. The van der Waals surface area contributed by atoms with Gasteiger partial charge in [-0.2, -0.15) is 5.10 Å². The van der Waals surface area contributed by atoms with E-state index in [1.165, 1.54) is 0 Å². The predicted octanol–water partition coefficient (Wildman–Crippen LogP) is 2.19. The van der Waals surface area contributed by atoms with Gasteiger partial charge in [0.25, 0.3) is 0 Å². The maximum Gasteiger partial charge on any atom is 0.145 e. The van der Waals surface area contributed by atoms with E-state index in [1.807, 2.05) is 31.3 Å². The summed E-state index contributed by atoms with van der Waals surface area (Å²) >= 11 is 3.47. The van der Waals surface area contributed by atoms with Gasteiger partial charge in [-0.05, 0) is 28.1 Å². The molecule has 0 saturated heterocycles. The molecule has 2 rings (SSSR count). The normalized spacial score (nSPS) is 10.3. The molecule has 78 valence electrons. The smallest absolute Gasteiger partial charge is 0.145 e. The van der Waals surface area contributed by atoms with Gasteiger partial charge in [-0.15, -0.1) is 0 Å². The van der Waals surface area contributed by atoms with Gasteiger partial charge in [0.15, 0.2) is 0 Å². The highest BCUT2D eigenvalue weighted by Gasteiger charge is 2.01. The number of aromatic nitrogens is 3. The maximum absolute atomic E-state index is 4.13. The summed E-state index contributed by atoms with van der Waals surface area (Å²) in [6.07, 6.45) is 1.55. The van der Waals surface area contributed by atoms with Gasteiger partial charge >= 0.3 is 0 Å². The first-order valence-electron chi connectivity index (χ1n) is 4.58. The van der Waals surface area contributed by atoms with Crippen LogP contribution in [0.1, 0.15) is 5.82 Å². The van der Waals surface area contributed by atoms with Crippen LogP contribution in [-0.4, -0.2) is 14.8 Å². The van der Waals surface area contributed by atoms with Crippen molar-refractivity contribution in [2.75, 3.05) is 5.32 Å². The van der Waals surface area contributed by atoms with Crippen molar-refractivity contribution in [1.82, 2.24) is 14.8 Å². The first-order valence-corrected chi connectivity index (χ1v) is 5.38. The van der Waals surface area contributed by atoms with E-state index in [-0.39, 0.29) is 0 Å². The molecule has 1 aromatic heterocycles. The monoisotopic (exact) mass is 266 g/mol. The van der Waals surface area contributed by atoms with Gasteiger partial charge in [-0.25, -0.2) is 4.98 Å². The third-order valence-electron chi connectivity index (χ3n) is 2.12. The van der Waals surface area contributed by atoms with Gasteiger partial charge in [0, 0.05) is 17.2 Å². The Balaban J connectivity index is 2.06. The predicted molar refractivity (Wildman–Crippen MR) is 62.5 cm³/mol. The van der Waals surface area contributed by atoms with Gasteiger partial charge in [0.1, 0.15) is 12.2 Å². The zero-order valence-corrected chi connectivity index (χ0v) is 9.90. The Labute approximate surface area is 96.5 Å². The molecule has 0 radical (unpaired) electrons. The van der Waals surface area contributed by atoms with Crippen molar-refractivity contribution in [2.24, 2.45) is 7.05 Å². The molecule has 0 aliphatic rings. The van der Waals surface area contributed by atoms with Crippen LogP contribution in [0.25, 0.3) is 0 Å². The summed E-state index contributed by atoms with van der Waals surface area (Å²) in [5, 5.41) is 7.29. The second kappa shape index (κ2) is 4.44. The number of aryl methyl sites for hydroxylation is 1. The Morgan fingerprint density at radius 2 is 2.20 bits per heavy atom. The summed E-state index contributed by atoms with van der Waals surface area (Å²) in [4.78, 5) is 4.13. The van der Waals surface area contributed by atoms with E-state index in [4.69, 9.17) is 0 Å². The topological polar surface area (TPSA) is 42.7 Å². The van der Waals surface area contributed by atoms with E-state index in [0.29, 0.717) is 6.54 Å². The lowest BCUT2D eigenvalue weighted by atomic mass is 10.3. The molecule has 1 N–H and O–H groups in total. The average Bonchev–Trinajstić information content (AvgIpc) is 2.63. The van der Waals surface area contributed by atoms with Crippen LogP contribution in [-0.2, 0) is 13.6 Å². The SMILES string of the molecule is Cn1ncnc1CNc1ccccc1Br. The van der Waals surface area contributed by atoms with Crippen molar-refractivity contribution in [3.05, 3.63) is 40.9 Å². The molecule has 0 unspecified atom stereocenters. The van der Waals surface area contributed by atoms with Crippen LogP contribution in [0.4, 0.5) is 5.69 Å². The van der Waals surface area contributed by atoms with Crippen molar-refractivity contribution >= 4 is 21.6 Å². The molecule has 0 saturated carbocycles. The third kappa shape index (κ3) is 2.36. The van der Waals surface area contributed by atoms with Gasteiger partial charge in [0.2, 0.25) is 0 Å². The highest BCUT2D eigenvalue weighted by molar-refractivity contribution is 9.10. The number of nitrogens with one attached hydrogen (secondary N) is 1. The highest BCUT2D eigenvalue weighted by atomic mass is 79.9. The Hall–Kier alpha value is -1.36. The fourth-order valence-electron chi connectivity index (χ4n) is 1.26. The van der Waals surface area contributed by atoms with Crippen LogP contribution < -0.4 is 5.32 Å². The van der Waals surface area contributed by atoms with Gasteiger partial charge in [-0.3, -0.25) is 4.68 Å². The van der Waals surface area contributed by atoms with Crippen LogP contribution in [0.2, 0.25) is 0 Å². The Kier molecular flexibility index (Phi) is 3.01. The van der Waals surface area contributed by atoms with Crippen molar-refractivity contribution in [3.8, 4) is 0 Å². The molecule has 1 aromatic carbocycles. The first-order chi connectivity index (χ1) is 7.27. The Bertz CT molecular complexity index is 452. The molecule has 0 fully saturated rings. The van der Waals surface area contributed by atoms with Gasteiger partial charge in [0.05, 0.1) is 6.54 Å². The number of anilines is 1. The number of para-hydroxylation sites is 1. The van der Waals surface area contributed by atoms with Gasteiger partial charge < -0.3 is 5.32 Å². The van der Waals surface area contributed by atoms with Crippen LogP contribution in [0, 0.1) is 0 Å². The van der Waals surface area contributed by atoms with Crippen LogP contribution in [0.5, 0.6) is 0 Å². The number of rotatable bonds is 3. The van der Waals surface area contributed by atoms with E-state index in [9.17, 15) is 0 Å². The molecule has 1 heterocycles. The van der Waals surface area contributed by atoms with E-state index in [2.05, 4.69) is 31.3 Å². The molecule has 0 bridgehead atoms. The molecule has 5 heteroatoms. The van der Waals surface area contributed by atoms with E-state index in [0.717, 1.165) is 16.0 Å². The highest BCUT2D eigenvalue weighted by Crippen LogP contribution is 2.21. The van der Waals surface area contributed by atoms with Crippen molar-refractivity contribution < 1.29 is 0 Å². The van der Waals surface area contributed by atoms with E-state index in [1.54, 1.807) is 11.0 Å². The number of halogens is 1. The third-order valence-corrected chi connectivity index (χ3v) is 2.81. The number of nitrogens with zero attached hydrogens (tertiary/aromatic N) is 3. The van der Waals surface area contributed by atoms with Crippen LogP contribution in [0.3, 0.4) is 0 Å². The first kappa shape index (κ1) is 10.2. The molecule has 0 atom stereocenters. The average molecular weight is 267 g/mol. The Morgan fingerprint density at radius 3 is 2.87 bits per heavy atom.